The molecule has 1 aliphatic heterocycles. The molecule has 0 aromatic carbocycles. The molecule has 1 atom stereocenters. The monoisotopic (exact) mass is 318 g/mol. The molecule has 1 saturated carbocycles. The Kier molecular flexibility index (Phi) is 3.94. The van der Waals surface area contributed by atoms with Gasteiger partial charge in [0.2, 0.25) is 15.5 Å². The number of hydrogen-bond acceptors (Lipinski definition) is 5. The van der Waals surface area contributed by atoms with Gasteiger partial charge in [0.15, 0.2) is 11.0 Å². The molecule has 20 heavy (non-hydrogen) atoms. The maximum Gasteiger partial charge on any atom is 0.224 e. The van der Waals surface area contributed by atoms with E-state index in [4.69, 9.17) is 16.3 Å². The van der Waals surface area contributed by atoms with Crippen LogP contribution in [0.25, 0.3) is 0 Å². The molecule has 1 N–H and O–H groups in total. The van der Waals surface area contributed by atoms with Gasteiger partial charge in [-0.15, -0.1) is 0 Å². The van der Waals surface area contributed by atoms with Gasteiger partial charge in [0.25, 0.3) is 0 Å². The first-order valence-electron chi connectivity index (χ1n) is 6.64. The summed E-state index contributed by atoms with van der Waals surface area (Å²) >= 11 is 5.94. The van der Waals surface area contributed by atoms with E-state index in [1.807, 2.05) is 0 Å². The Balaban J connectivity index is 1.80. The highest BCUT2D eigenvalue weighted by molar-refractivity contribution is 7.97. The minimum atomic E-state index is -2.85. The summed E-state index contributed by atoms with van der Waals surface area (Å²) in [6.07, 6.45) is 1.65. The predicted octanol–water partition coefficient (Wildman–Crippen LogP) is 1.60. The fraction of sp³-hybridized carbons (Fsp3) is 0.667. The molecule has 8 heteroatoms. The van der Waals surface area contributed by atoms with E-state index in [-0.39, 0.29) is 16.3 Å². The zero-order valence-electron chi connectivity index (χ0n) is 11.0. The molecule has 2 heterocycles. The van der Waals surface area contributed by atoms with Crippen LogP contribution in [0.3, 0.4) is 0 Å². The molecule has 1 unspecified atom stereocenters. The Labute approximate surface area is 123 Å². The molecule has 1 aliphatic carbocycles. The molecule has 0 bridgehead atoms. The molecular weight excluding hydrogens is 302 g/mol. The van der Waals surface area contributed by atoms with Crippen molar-refractivity contribution in [3.05, 3.63) is 17.0 Å². The van der Waals surface area contributed by atoms with E-state index in [0.717, 1.165) is 25.9 Å². The van der Waals surface area contributed by atoms with Crippen molar-refractivity contribution in [2.75, 3.05) is 31.2 Å². The smallest absolute Gasteiger partial charge is 0.224 e. The molecule has 0 radical (unpaired) electrons. The molecule has 0 amide bonds. The topological polar surface area (TPSA) is 75.5 Å². The minimum Gasteiger partial charge on any atom is -0.378 e. The molecular formula is C12H17ClN3O3S+. The van der Waals surface area contributed by atoms with Gasteiger partial charge < -0.3 is 9.64 Å². The molecule has 2 fully saturated rings. The Morgan fingerprint density at radius 1 is 1.40 bits per heavy atom. The number of anilines is 1. The van der Waals surface area contributed by atoms with E-state index < -0.39 is 10.2 Å². The summed E-state index contributed by atoms with van der Waals surface area (Å²) in [6.45, 7) is 2.78. The van der Waals surface area contributed by atoms with Crippen molar-refractivity contribution in [2.24, 2.45) is 0 Å². The first-order valence-corrected chi connectivity index (χ1v) is 8.76. The summed E-state index contributed by atoms with van der Waals surface area (Å²) in [4.78, 5) is 10.3. The molecule has 1 saturated heterocycles. The number of nitrogens with zero attached hydrogens (tertiary/aromatic N) is 3. The van der Waals surface area contributed by atoms with Gasteiger partial charge in [0.1, 0.15) is 5.82 Å². The van der Waals surface area contributed by atoms with Crippen LogP contribution in [0.4, 0.5) is 5.82 Å². The third-order valence-corrected chi connectivity index (χ3v) is 5.86. The highest BCUT2D eigenvalue weighted by atomic mass is 35.5. The van der Waals surface area contributed by atoms with Crippen LogP contribution < -0.4 is 4.90 Å². The third kappa shape index (κ3) is 3.28. The summed E-state index contributed by atoms with van der Waals surface area (Å²) in [5.74, 6) is 0.756. The van der Waals surface area contributed by atoms with Gasteiger partial charge in [-0.1, -0.05) is 4.21 Å². The van der Waals surface area contributed by atoms with Crippen molar-refractivity contribution in [1.82, 2.24) is 9.97 Å². The Bertz CT molecular complexity index is 547. The molecule has 0 spiro atoms. The summed E-state index contributed by atoms with van der Waals surface area (Å²) in [5, 5.41) is 0.0399. The number of hydrogen-bond donors (Lipinski definition) is 1. The van der Waals surface area contributed by atoms with Crippen molar-refractivity contribution < 1.29 is 13.5 Å². The van der Waals surface area contributed by atoms with E-state index in [9.17, 15) is 8.76 Å². The Morgan fingerprint density at radius 2 is 2.10 bits per heavy atom. The van der Waals surface area contributed by atoms with Crippen molar-refractivity contribution >= 4 is 27.6 Å². The van der Waals surface area contributed by atoms with Crippen molar-refractivity contribution in [2.45, 2.75) is 23.8 Å². The minimum absolute atomic E-state index is 0.0528. The van der Waals surface area contributed by atoms with Crippen LogP contribution in [0.2, 0.25) is 5.28 Å². The predicted molar refractivity (Wildman–Crippen MR) is 77.5 cm³/mol. The van der Waals surface area contributed by atoms with Gasteiger partial charge in [-0.25, -0.2) is 9.97 Å². The van der Waals surface area contributed by atoms with Crippen LogP contribution in [-0.4, -0.2) is 46.1 Å². The van der Waals surface area contributed by atoms with E-state index >= 15 is 0 Å². The van der Waals surface area contributed by atoms with Crippen LogP contribution in [0.15, 0.2) is 6.07 Å². The lowest BCUT2D eigenvalue weighted by atomic mass is 10.3. The zero-order valence-corrected chi connectivity index (χ0v) is 12.6. The van der Waals surface area contributed by atoms with Crippen LogP contribution in [0.5, 0.6) is 0 Å². The van der Waals surface area contributed by atoms with Crippen LogP contribution in [-0.2, 0) is 24.9 Å². The quantitative estimate of drug-likeness (QED) is 0.671. The maximum atomic E-state index is 12.1. The Hall–Kier alpha value is -0.760. The number of ether oxygens (including phenoxy) is 1. The first-order chi connectivity index (χ1) is 9.54. The van der Waals surface area contributed by atoms with Gasteiger partial charge in [-0.05, 0) is 11.6 Å². The number of morpholine rings is 1. The van der Waals surface area contributed by atoms with Gasteiger partial charge in [0, 0.05) is 32.0 Å². The second kappa shape index (κ2) is 5.55. The molecule has 6 nitrogen and oxygen atoms in total. The lowest BCUT2D eigenvalue weighted by Gasteiger charge is -2.27. The molecule has 3 rings (SSSR count). The summed E-state index contributed by atoms with van der Waals surface area (Å²) in [7, 11) is -2.85. The van der Waals surface area contributed by atoms with E-state index in [2.05, 4.69) is 14.9 Å². The fourth-order valence-corrected chi connectivity index (χ4v) is 4.12. The number of aromatic nitrogens is 2. The average Bonchev–Trinajstić information content (AvgIpc) is 3.23. The van der Waals surface area contributed by atoms with Crippen molar-refractivity contribution in [3.8, 4) is 0 Å². The fourth-order valence-electron chi connectivity index (χ4n) is 2.25. The summed E-state index contributed by atoms with van der Waals surface area (Å²) < 4.78 is 27.4. The normalized spacial score (nSPS) is 22.6. The van der Waals surface area contributed by atoms with Gasteiger partial charge in [-0.3, -0.25) is 0 Å². The average molecular weight is 319 g/mol. The highest BCUT2D eigenvalue weighted by Gasteiger charge is 2.47. The second-order valence-corrected chi connectivity index (χ2v) is 7.79. The molecule has 1 aromatic heterocycles. The standard InChI is InChI=1S/C12H16ClN3O3S/c13-12-14-9(8-20(17,18)10-1-2-10)7-11(15-12)16-3-5-19-6-4-16/h7,10H,1-6,8H2/p+1. The van der Waals surface area contributed by atoms with Gasteiger partial charge >= 0.3 is 0 Å². The second-order valence-electron chi connectivity index (χ2n) is 5.12. The largest absolute Gasteiger partial charge is 0.378 e. The van der Waals surface area contributed by atoms with Crippen molar-refractivity contribution in [3.63, 3.8) is 0 Å². The van der Waals surface area contributed by atoms with Gasteiger partial charge in [0.05, 0.1) is 18.9 Å². The SMILES string of the molecule is O=[S+](O)(Cc1cc(N2CCOCC2)nc(Cl)n1)C1CC1. The van der Waals surface area contributed by atoms with Gasteiger partial charge in [-0.2, -0.15) is 4.55 Å². The van der Waals surface area contributed by atoms with E-state index in [1.165, 1.54) is 0 Å². The van der Waals surface area contributed by atoms with E-state index in [0.29, 0.717) is 24.7 Å². The maximum absolute atomic E-state index is 12.1. The Morgan fingerprint density at radius 3 is 2.75 bits per heavy atom. The number of halogens is 1. The molecule has 1 aromatic rings. The summed E-state index contributed by atoms with van der Waals surface area (Å²) in [5.41, 5.74) is 0.533. The third-order valence-electron chi connectivity index (χ3n) is 3.47. The van der Waals surface area contributed by atoms with Crippen LogP contribution in [0, 0.1) is 0 Å². The van der Waals surface area contributed by atoms with Crippen LogP contribution >= 0.6 is 11.6 Å². The highest BCUT2D eigenvalue weighted by Crippen LogP contribution is 2.34. The zero-order chi connectivity index (χ0) is 14.2. The molecule has 2 aliphatic rings. The lowest BCUT2D eigenvalue weighted by molar-refractivity contribution is 0.122. The summed E-state index contributed by atoms with van der Waals surface area (Å²) in [6, 6.07) is 1.76. The van der Waals surface area contributed by atoms with Crippen LogP contribution in [0.1, 0.15) is 18.5 Å². The van der Waals surface area contributed by atoms with Crippen molar-refractivity contribution in [1.29, 1.82) is 0 Å². The number of rotatable bonds is 4. The van der Waals surface area contributed by atoms with E-state index in [1.54, 1.807) is 6.07 Å². The lowest BCUT2D eigenvalue weighted by Crippen LogP contribution is -2.37. The molecule has 110 valence electrons. The first kappa shape index (κ1) is 14.2.